The molecule has 0 spiro atoms. The Morgan fingerprint density at radius 3 is 2.00 bits per heavy atom. The van der Waals surface area contributed by atoms with Gasteiger partial charge in [0.05, 0.1) is 29.4 Å². The molecule has 0 saturated carbocycles. The van der Waals surface area contributed by atoms with E-state index in [0.717, 1.165) is 0 Å². The number of carbonyl (C=O) groups excluding carboxylic acids is 2. The van der Waals surface area contributed by atoms with Crippen molar-refractivity contribution in [2.24, 2.45) is 0 Å². The highest BCUT2D eigenvalue weighted by molar-refractivity contribution is 6.20. The number of halogens is 6. The summed E-state index contributed by atoms with van der Waals surface area (Å²) < 4.78 is 84.8. The lowest BCUT2D eigenvalue weighted by Crippen LogP contribution is -2.43. The van der Waals surface area contributed by atoms with Crippen LogP contribution in [0.1, 0.15) is 42.2 Å². The number of rotatable bonds is 6. The first-order valence-electron chi connectivity index (χ1n) is 9.76. The third kappa shape index (κ3) is 5.27. The van der Waals surface area contributed by atoms with Gasteiger partial charge >= 0.3 is 12.4 Å². The number of nitrogens with one attached hydrogen (secondary N) is 1. The Morgan fingerprint density at radius 2 is 1.55 bits per heavy atom. The van der Waals surface area contributed by atoms with E-state index >= 15 is 0 Å². The zero-order chi connectivity index (χ0) is 24.6. The Labute approximate surface area is 185 Å². The smallest absolute Gasteiger partial charge is 0.371 e. The molecule has 2 atom stereocenters. The third-order valence-electron chi connectivity index (χ3n) is 5.28. The molecule has 1 aliphatic rings. The van der Waals surface area contributed by atoms with Crippen molar-refractivity contribution >= 4 is 11.7 Å². The second kappa shape index (κ2) is 8.66. The number of hydrogen-bond donors (Lipinski definition) is 1. The van der Waals surface area contributed by atoms with E-state index in [4.69, 9.17) is 4.74 Å². The van der Waals surface area contributed by atoms with Gasteiger partial charge < -0.3 is 10.1 Å². The van der Waals surface area contributed by atoms with Crippen LogP contribution >= 0.6 is 0 Å². The fraction of sp³-hybridized carbons (Fsp3) is 0.304. The van der Waals surface area contributed by atoms with Crippen LogP contribution in [0, 0.1) is 0 Å². The van der Waals surface area contributed by atoms with Gasteiger partial charge in [0.15, 0.2) is 5.78 Å². The number of benzene rings is 2. The molecule has 2 aromatic carbocycles. The van der Waals surface area contributed by atoms with Gasteiger partial charge in [0, 0.05) is 0 Å². The van der Waals surface area contributed by atoms with Crippen LogP contribution in [0.25, 0.3) is 0 Å². The molecule has 0 saturated heterocycles. The molecule has 1 aliphatic heterocycles. The number of amides is 1. The maximum absolute atomic E-state index is 13.2. The van der Waals surface area contributed by atoms with Gasteiger partial charge in [-0.2, -0.15) is 26.3 Å². The standard InChI is InChI=1S/C23H19F6NO3/c1-13(31)19-11-21(30-20(19)32,16-6-4-3-5-7-16)12-33-14(2)15-8-17(22(24,25)26)10-18(9-15)23(27,28)29/h3-11,14H,12H2,1-2H3,(H,30,32)/t14-,21-/m1/s1. The maximum atomic E-state index is 13.2. The number of hydrogen-bond acceptors (Lipinski definition) is 3. The maximum Gasteiger partial charge on any atom is 0.416 e. The number of carbonyl (C=O) groups is 2. The van der Waals surface area contributed by atoms with E-state index < -0.39 is 46.8 Å². The van der Waals surface area contributed by atoms with Crippen LogP contribution in [0.5, 0.6) is 0 Å². The van der Waals surface area contributed by atoms with Gasteiger partial charge in [-0.1, -0.05) is 30.3 Å². The van der Waals surface area contributed by atoms with Crippen LogP contribution in [0.4, 0.5) is 26.3 Å². The van der Waals surface area contributed by atoms with Crippen LogP contribution in [0.15, 0.2) is 60.2 Å². The van der Waals surface area contributed by atoms with Crippen molar-refractivity contribution in [3.05, 3.63) is 82.4 Å². The van der Waals surface area contributed by atoms with E-state index in [-0.39, 0.29) is 23.8 Å². The van der Waals surface area contributed by atoms with Gasteiger partial charge in [-0.3, -0.25) is 9.59 Å². The molecule has 0 aliphatic carbocycles. The lowest BCUT2D eigenvalue weighted by Gasteiger charge is -2.30. The zero-order valence-corrected chi connectivity index (χ0v) is 17.5. The summed E-state index contributed by atoms with van der Waals surface area (Å²) in [6, 6.07) is 9.61. The highest BCUT2D eigenvalue weighted by Gasteiger charge is 2.42. The minimum absolute atomic E-state index is 0.0424. The fourth-order valence-corrected chi connectivity index (χ4v) is 3.50. The van der Waals surface area contributed by atoms with Crippen molar-refractivity contribution in [2.75, 3.05) is 6.61 Å². The molecule has 4 nitrogen and oxygen atoms in total. The van der Waals surface area contributed by atoms with Crippen molar-refractivity contribution in [1.29, 1.82) is 0 Å². The summed E-state index contributed by atoms with van der Waals surface area (Å²) in [6.07, 6.45) is -9.80. The fourth-order valence-electron chi connectivity index (χ4n) is 3.50. The van der Waals surface area contributed by atoms with Crippen LogP contribution < -0.4 is 5.32 Å². The largest absolute Gasteiger partial charge is 0.416 e. The average Bonchev–Trinajstić information content (AvgIpc) is 3.09. The topological polar surface area (TPSA) is 55.4 Å². The van der Waals surface area contributed by atoms with Crippen molar-refractivity contribution in [2.45, 2.75) is 37.8 Å². The van der Waals surface area contributed by atoms with Crippen LogP contribution in [-0.2, 0) is 32.2 Å². The Morgan fingerprint density at radius 1 is 1.00 bits per heavy atom. The summed E-state index contributed by atoms with van der Waals surface area (Å²) in [5, 5.41) is 2.66. The first-order chi connectivity index (χ1) is 15.2. The van der Waals surface area contributed by atoms with E-state index in [1.807, 2.05) is 0 Å². The Hall–Kier alpha value is -3.14. The molecule has 33 heavy (non-hydrogen) atoms. The molecule has 0 fully saturated rings. The molecule has 1 amide bonds. The average molecular weight is 471 g/mol. The highest BCUT2D eigenvalue weighted by atomic mass is 19.4. The predicted octanol–water partition coefficient (Wildman–Crippen LogP) is 5.34. The predicted molar refractivity (Wildman–Crippen MR) is 106 cm³/mol. The third-order valence-corrected chi connectivity index (χ3v) is 5.28. The minimum atomic E-state index is -4.99. The Kier molecular flexibility index (Phi) is 6.43. The number of ketones is 1. The summed E-state index contributed by atoms with van der Waals surface area (Å²) in [6.45, 7) is 2.18. The summed E-state index contributed by atoms with van der Waals surface area (Å²) >= 11 is 0. The van der Waals surface area contributed by atoms with E-state index in [1.54, 1.807) is 30.3 Å². The van der Waals surface area contributed by atoms with Crippen molar-refractivity contribution in [3.8, 4) is 0 Å². The Bertz CT molecular complexity index is 1060. The molecule has 10 heteroatoms. The first-order valence-corrected chi connectivity index (χ1v) is 9.76. The van der Waals surface area contributed by atoms with Gasteiger partial charge in [-0.25, -0.2) is 0 Å². The molecule has 176 valence electrons. The van der Waals surface area contributed by atoms with Crippen LogP contribution in [-0.4, -0.2) is 18.3 Å². The van der Waals surface area contributed by atoms with E-state index in [9.17, 15) is 35.9 Å². The van der Waals surface area contributed by atoms with Crippen LogP contribution in [0.2, 0.25) is 0 Å². The lowest BCUT2D eigenvalue weighted by molar-refractivity contribution is -0.143. The quantitative estimate of drug-likeness (QED) is 0.457. The minimum Gasteiger partial charge on any atom is -0.371 e. The van der Waals surface area contributed by atoms with E-state index in [0.29, 0.717) is 17.7 Å². The number of Topliss-reactive ketones (excluding diaryl/α,β-unsaturated/α-hetero) is 1. The van der Waals surface area contributed by atoms with Crippen molar-refractivity contribution < 1.29 is 40.7 Å². The monoisotopic (exact) mass is 471 g/mol. The molecular weight excluding hydrogens is 452 g/mol. The summed E-state index contributed by atoms with van der Waals surface area (Å²) in [5.41, 5.74) is -4.14. The molecule has 0 radical (unpaired) electrons. The summed E-state index contributed by atoms with van der Waals surface area (Å²) in [7, 11) is 0. The first kappa shape index (κ1) is 24.5. The molecule has 2 aromatic rings. The van der Waals surface area contributed by atoms with Crippen molar-refractivity contribution in [1.82, 2.24) is 5.32 Å². The second-order valence-corrected chi connectivity index (χ2v) is 7.70. The summed E-state index contributed by atoms with van der Waals surface area (Å²) in [4.78, 5) is 24.1. The normalized spacial score (nSPS) is 19.8. The second-order valence-electron chi connectivity index (χ2n) is 7.70. The Balaban J connectivity index is 1.96. The molecule has 3 rings (SSSR count). The SMILES string of the molecule is CC(=O)C1=C[C@@](CO[C@H](C)c2cc(C(F)(F)F)cc(C(F)(F)F)c2)(c2ccccc2)NC1=O. The molecule has 1 heterocycles. The molecular formula is C23H19F6NO3. The molecule has 0 aromatic heterocycles. The van der Waals surface area contributed by atoms with Crippen LogP contribution in [0.3, 0.4) is 0 Å². The zero-order valence-electron chi connectivity index (χ0n) is 17.5. The molecule has 1 N–H and O–H groups in total. The van der Waals surface area contributed by atoms with Gasteiger partial charge in [-0.05, 0) is 49.2 Å². The molecule has 0 bridgehead atoms. The lowest BCUT2D eigenvalue weighted by atomic mass is 9.91. The molecule has 0 unspecified atom stereocenters. The van der Waals surface area contributed by atoms with Crippen molar-refractivity contribution in [3.63, 3.8) is 0 Å². The highest BCUT2D eigenvalue weighted by Crippen LogP contribution is 2.38. The van der Waals surface area contributed by atoms with Gasteiger partial charge in [0.1, 0.15) is 5.54 Å². The van der Waals surface area contributed by atoms with Gasteiger partial charge in [0.2, 0.25) is 0 Å². The van der Waals surface area contributed by atoms with Gasteiger partial charge in [0.25, 0.3) is 5.91 Å². The number of alkyl halides is 6. The number of ether oxygens (including phenoxy) is 1. The van der Waals surface area contributed by atoms with E-state index in [2.05, 4.69) is 5.32 Å². The van der Waals surface area contributed by atoms with Gasteiger partial charge in [-0.15, -0.1) is 0 Å². The summed E-state index contributed by atoms with van der Waals surface area (Å²) in [5.74, 6) is -1.15. The van der Waals surface area contributed by atoms with E-state index in [1.165, 1.54) is 19.9 Å².